The molecule has 0 amide bonds. The zero-order valence-corrected chi connectivity index (χ0v) is 14.6. The van der Waals surface area contributed by atoms with Crippen molar-refractivity contribution in [1.29, 1.82) is 0 Å². The third kappa shape index (κ3) is 3.62. The smallest absolute Gasteiger partial charge is 0.120 e. The molecule has 0 radical (unpaired) electrons. The molecule has 0 saturated carbocycles. The Labute approximate surface area is 144 Å². The van der Waals surface area contributed by atoms with E-state index in [1.165, 1.54) is 16.9 Å². The average Bonchev–Trinajstić information content (AvgIpc) is 2.82. The van der Waals surface area contributed by atoms with Crippen LogP contribution < -0.4 is 9.64 Å². The summed E-state index contributed by atoms with van der Waals surface area (Å²) in [4.78, 5) is 4.96. The van der Waals surface area contributed by atoms with Gasteiger partial charge in [-0.15, -0.1) is 0 Å². The molecule has 0 bridgehead atoms. The maximum atomic E-state index is 5.35. The minimum Gasteiger partial charge on any atom is -0.497 e. The van der Waals surface area contributed by atoms with E-state index >= 15 is 0 Å². The first-order valence-electron chi connectivity index (χ1n) is 8.48. The minimum atomic E-state index is 0.918. The molecule has 2 heterocycles. The molecular weight excluding hydrogens is 300 g/mol. The number of hydrogen-bond donors (Lipinski definition) is 0. The maximum Gasteiger partial charge on any atom is 0.120 e. The van der Waals surface area contributed by atoms with Gasteiger partial charge >= 0.3 is 0 Å². The molecule has 1 saturated heterocycles. The van der Waals surface area contributed by atoms with Crippen molar-refractivity contribution in [3.05, 3.63) is 48.3 Å². The van der Waals surface area contributed by atoms with Crippen LogP contribution >= 0.6 is 0 Å². The molecule has 0 spiro atoms. The monoisotopic (exact) mass is 326 g/mol. The van der Waals surface area contributed by atoms with Gasteiger partial charge in [0, 0.05) is 61.9 Å². The standard InChI is InChI=1S/C19H26N4O/c1-4-23-16(2)17(14-20-23)15-21-9-6-10-22(12-11-21)18-7-5-8-19(13-18)24-3/h4-5,7-8,13-14H,1,6,9-12,15H2,2-3H3. The third-order valence-corrected chi connectivity index (χ3v) is 4.72. The maximum absolute atomic E-state index is 5.35. The fourth-order valence-corrected chi connectivity index (χ4v) is 3.23. The van der Waals surface area contributed by atoms with E-state index in [9.17, 15) is 0 Å². The van der Waals surface area contributed by atoms with E-state index in [4.69, 9.17) is 4.74 Å². The summed E-state index contributed by atoms with van der Waals surface area (Å²) in [5.74, 6) is 0.918. The zero-order chi connectivity index (χ0) is 16.9. The van der Waals surface area contributed by atoms with E-state index in [1.54, 1.807) is 13.3 Å². The van der Waals surface area contributed by atoms with Crippen LogP contribution in [0.5, 0.6) is 5.75 Å². The number of methoxy groups -OCH3 is 1. The van der Waals surface area contributed by atoms with E-state index < -0.39 is 0 Å². The number of ether oxygens (including phenoxy) is 1. The lowest BCUT2D eigenvalue weighted by Crippen LogP contribution is -2.30. The van der Waals surface area contributed by atoms with E-state index in [-0.39, 0.29) is 0 Å². The lowest BCUT2D eigenvalue weighted by molar-refractivity contribution is 0.285. The van der Waals surface area contributed by atoms with Crippen molar-refractivity contribution in [2.45, 2.75) is 19.9 Å². The highest BCUT2D eigenvalue weighted by molar-refractivity contribution is 5.50. The van der Waals surface area contributed by atoms with Gasteiger partial charge in [-0.3, -0.25) is 4.90 Å². The summed E-state index contributed by atoms with van der Waals surface area (Å²) < 4.78 is 7.19. The summed E-state index contributed by atoms with van der Waals surface area (Å²) in [6, 6.07) is 8.34. The van der Waals surface area contributed by atoms with E-state index in [0.29, 0.717) is 0 Å². The molecule has 5 heteroatoms. The Balaban J connectivity index is 1.64. The molecule has 3 rings (SSSR count). The molecule has 0 unspecified atom stereocenters. The van der Waals surface area contributed by atoms with Crippen LogP contribution in [-0.2, 0) is 6.54 Å². The van der Waals surface area contributed by atoms with Crippen LogP contribution in [0.1, 0.15) is 17.7 Å². The summed E-state index contributed by atoms with van der Waals surface area (Å²) in [5, 5.41) is 4.35. The zero-order valence-electron chi connectivity index (χ0n) is 14.6. The predicted molar refractivity (Wildman–Crippen MR) is 98.5 cm³/mol. The first-order chi connectivity index (χ1) is 11.7. The van der Waals surface area contributed by atoms with Gasteiger partial charge in [0.15, 0.2) is 0 Å². The Kier molecular flexibility index (Phi) is 5.20. The molecule has 1 aliphatic rings. The molecule has 1 aromatic heterocycles. The molecule has 128 valence electrons. The molecule has 2 aromatic rings. The van der Waals surface area contributed by atoms with Crippen molar-refractivity contribution in [3.8, 4) is 5.75 Å². The number of aromatic nitrogens is 2. The van der Waals surface area contributed by atoms with Gasteiger partial charge in [0.05, 0.1) is 13.3 Å². The van der Waals surface area contributed by atoms with Crippen molar-refractivity contribution in [1.82, 2.24) is 14.7 Å². The van der Waals surface area contributed by atoms with Gasteiger partial charge in [0.25, 0.3) is 0 Å². The normalized spacial score (nSPS) is 16.0. The molecular formula is C19H26N4O. The van der Waals surface area contributed by atoms with Gasteiger partial charge in [-0.2, -0.15) is 5.10 Å². The number of rotatable bonds is 5. The van der Waals surface area contributed by atoms with Crippen molar-refractivity contribution in [3.63, 3.8) is 0 Å². The average molecular weight is 326 g/mol. The molecule has 1 fully saturated rings. The minimum absolute atomic E-state index is 0.918. The first kappa shape index (κ1) is 16.6. The Morgan fingerprint density at radius 2 is 2.12 bits per heavy atom. The van der Waals surface area contributed by atoms with Crippen LogP contribution in [0.2, 0.25) is 0 Å². The van der Waals surface area contributed by atoms with Crippen LogP contribution in [0.15, 0.2) is 37.0 Å². The lowest BCUT2D eigenvalue weighted by Gasteiger charge is -2.24. The van der Waals surface area contributed by atoms with Gasteiger partial charge in [-0.25, -0.2) is 4.68 Å². The SMILES string of the molecule is C=Cn1ncc(CN2CCCN(c3cccc(OC)c3)CC2)c1C. The molecule has 24 heavy (non-hydrogen) atoms. The van der Waals surface area contributed by atoms with Gasteiger partial charge in [-0.05, 0) is 25.5 Å². The van der Waals surface area contributed by atoms with Gasteiger partial charge < -0.3 is 9.64 Å². The second kappa shape index (κ2) is 7.53. The Bertz CT molecular complexity index is 694. The van der Waals surface area contributed by atoms with Crippen LogP contribution in [-0.4, -0.2) is 48.0 Å². The number of hydrogen-bond acceptors (Lipinski definition) is 4. The highest BCUT2D eigenvalue weighted by Gasteiger charge is 2.17. The number of nitrogens with zero attached hydrogens (tertiary/aromatic N) is 4. The predicted octanol–water partition coefficient (Wildman–Crippen LogP) is 3.01. The first-order valence-corrected chi connectivity index (χ1v) is 8.48. The molecule has 1 aromatic carbocycles. The second-order valence-corrected chi connectivity index (χ2v) is 6.20. The topological polar surface area (TPSA) is 33.5 Å². The molecule has 0 aliphatic carbocycles. The fraction of sp³-hybridized carbons (Fsp3) is 0.421. The summed E-state index contributed by atoms with van der Waals surface area (Å²) in [7, 11) is 1.72. The Morgan fingerprint density at radius 3 is 2.88 bits per heavy atom. The van der Waals surface area contributed by atoms with Crippen LogP contribution in [0, 0.1) is 6.92 Å². The van der Waals surface area contributed by atoms with E-state index in [2.05, 4.69) is 46.6 Å². The van der Waals surface area contributed by atoms with Crippen molar-refractivity contribution in [2.24, 2.45) is 0 Å². The Morgan fingerprint density at radius 1 is 1.25 bits per heavy atom. The second-order valence-electron chi connectivity index (χ2n) is 6.20. The number of anilines is 1. The van der Waals surface area contributed by atoms with Crippen molar-refractivity contribution in [2.75, 3.05) is 38.2 Å². The van der Waals surface area contributed by atoms with Crippen LogP contribution in [0.25, 0.3) is 6.20 Å². The third-order valence-electron chi connectivity index (χ3n) is 4.72. The van der Waals surface area contributed by atoms with Crippen molar-refractivity contribution < 1.29 is 4.74 Å². The lowest BCUT2D eigenvalue weighted by atomic mass is 10.2. The highest BCUT2D eigenvalue weighted by atomic mass is 16.5. The van der Waals surface area contributed by atoms with Gasteiger partial charge in [0.2, 0.25) is 0 Å². The largest absolute Gasteiger partial charge is 0.497 e. The van der Waals surface area contributed by atoms with Gasteiger partial charge in [-0.1, -0.05) is 12.6 Å². The van der Waals surface area contributed by atoms with Crippen LogP contribution in [0.4, 0.5) is 5.69 Å². The summed E-state index contributed by atoms with van der Waals surface area (Å²) in [6.07, 6.45) is 4.87. The summed E-state index contributed by atoms with van der Waals surface area (Å²) in [5.41, 5.74) is 3.70. The van der Waals surface area contributed by atoms with Crippen molar-refractivity contribution >= 4 is 11.9 Å². The van der Waals surface area contributed by atoms with Crippen LogP contribution in [0.3, 0.4) is 0 Å². The summed E-state index contributed by atoms with van der Waals surface area (Å²) in [6.45, 7) is 11.1. The molecule has 1 aliphatic heterocycles. The van der Waals surface area contributed by atoms with E-state index in [0.717, 1.165) is 44.9 Å². The molecule has 0 atom stereocenters. The molecule has 0 N–H and O–H groups in total. The van der Waals surface area contributed by atoms with Gasteiger partial charge in [0.1, 0.15) is 5.75 Å². The summed E-state index contributed by atoms with van der Waals surface area (Å²) >= 11 is 0. The Hall–Kier alpha value is -2.27. The fourth-order valence-electron chi connectivity index (χ4n) is 3.23. The quantitative estimate of drug-likeness (QED) is 0.846. The molecule has 5 nitrogen and oxygen atoms in total. The number of benzene rings is 1. The van der Waals surface area contributed by atoms with E-state index in [1.807, 2.05) is 16.9 Å². The highest BCUT2D eigenvalue weighted by Crippen LogP contribution is 2.22.